The highest BCUT2D eigenvalue weighted by molar-refractivity contribution is 6.06. The molecule has 0 radical (unpaired) electrons. The van der Waals surface area contributed by atoms with Gasteiger partial charge >= 0.3 is 0 Å². The van der Waals surface area contributed by atoms with Crippen molar-refractivity contribution in [2.24, 2.45) is 0 Å². The number of nitrogens with one attached hydrogen (secondary N) is 2. The van der Waals surface area contributed by atoms with Crippen molar-refractivity contribution in [3.05, 3.63) is 100 Å². The molecule has 3 heterocycles. The Kier molecular flexibility index (Phi) is 5.41. The van der Waals surface area contributed by atoms with Gasteiger partial charge in [0.15, 0.2) is 5.82 Å². The number of nitro benzene ring substituents is 1. The summed E-state index contributed by atoms with van der Waals surface area (Å²) in [5.41, 5.74) is 1.98. The van der Waals surface area contributed by atoms with Crippen molar-refractivity contribution in [3.8, 4) is 17.1 Å². The molecule has 3 N–H and O–H groups in total. The van der Waals surface area contributed by atoms with Crippen LogP contribution >= 0.6 is 0 Å². The van der Waals surface area contributed by atoms with Gasteiger partial charge in [-0.25, -0.2) is 4.68 Å². The van der Waals surface area contributed by atoms with E-state index in [1.165, 1.54) is 29.1 Å². The lowest BCUT2D eigenvalue weighted by Crippen LogP contribution is -2.32. The number of aromatic nitrogens is 4. The number of hydrogen-bond acceptors (Lipinski definition) is 8. The van der Waals surface area contributed by atoms with Gasteiger partial charge in [-0.3, -0.25) is 19.9 Å². The molecule has 2 aromatic heterocycles. The second kappa shape index (κ2) is 8.71. The Bertz CT molecular complexity index is 1460. The SMILES string of the molecule is CC1=C(C(=O)Nc2cccnc2)C(c2ccccc2[N+](=O)[O-])n2nc(-c3ccc(O)cc3)nc2N1. The van der Waals surface area contributed by atoms with E-state index in [1.807, 2.05) is 0 Å². The molecule has 1 aliphatic rings. The number of fused-ring (bicyclic) bond motifs is 1. The standard InChI is InChI=1S/C24H19N7O4/c1-14-20(23(33)27-16-5-4-12-25-13-16)21(18-6-2-3-7-19(18)31(34)35)30-24(26-14)28-22(29-30)15-8-10-17(32)11-9-15/h2-13,21,32H,1H3,(H,27,33)(H,26,28,29). The average Bonchev–Trinajstić information content (AvgIpc) is 3.27. The maximum absolute atomic E-state index is 13.5. The number of phenols is 1. The summed E-state index contributed by atoms with van der Waals surface area (Å²) in [4.78, 5) is 33.4. The molecule has 174 valence electrons. The molecule has 0 saturated carbocycles. The molecule has 4 aromatic rings. The van der Waals surface area contributed by atoms with Gasteiger partial charge in [0, 0.05) is 23.5 Å². The Labute approximate surface area is 198 Å². The highest BCUT2D eigenvalue weighted by Gasteiger charge is 2.37. The monoisotopic (exact) mass is 469 g/mol. The van der Waals surface area contributed by atoms with Gasteiger partial charge < -0.3 is 15.7 Å². The largest absolute Gasteiger partial charge is 0.508 e. The normalized spacial score (nSPS) is 14.7. The van der Waals surface area contributed by atoms with Gasteiger partial charge in [-0.15, -0.1) is 5.10 Å². The van der Waals surface area contributed by atoms with Crippen molar-refractivity contribution in [2.45, 2.75) is 13.0 Å². The molecule has 0 fully saturated rings. The molecule has 1 atom stereocenters. The van der Waals surface area contributed by atoms with Gasteiger partial charge in [-0.1, -0.05) is 12.1 Å². The first-order valence-electron chi connectivity index (χ1n) is 10.6. The molecule has 11 heteroatoms. The van der Waals surface area contributed by atoms with Crippen molar-refractivity contribution in [3.63, 3.8) is 0 Å². The lowest BCUT2D eigenvalue weighted by Gasteiger charge is -2.28. The van der Waals surface area contributed by atoms with Crippen LogP contribution in [0.5, 0.6) is 5.75 Å². The van der Waals surface area contributed by atoms with Crippen LogP contribution in [0, 0.1) is 10.1 Å². The molecule has 2 aromatic carbocycles. The van der Waals surface area contributed by atoms with E-state index in [9.17, 15) is 20.0 Å². The van der Waals surface area contributed by atoms with E-state index in [-0.39, 0.29) is 22.6 Å². The van der Waals surface area contributed by atoms with Crippen molar-refractivity contribution in [1.82, 2.24) is 19.7 Å². The lowest BCUT2D eigenvalue weighted by molar-refractivity contribution is -0.385. The Morgan fingerprint density at radius 1 is 1.14 bits per heavy atom. The number of carbonyl (C=O) groups is 1. The molecule has 0 aliphatic carbocycles. The van der Waals surface area contributed by atoms with Crippen LogP contribution < -0.4 is 10.6 Å². The predicted molar refractivity (Wildman–Crippen MR) is 128 cm³/mol. The van der Waals surface area contributed by atoms with Gasteiger partial charge in [0.2, 0.25) is 5.95 Å². The highest BCUT2D eigenvalue weighted by atomic mass is 16.6. The number of nitro groups is 1. The number of allylic oxidation sites excluding steroid dienone is 1. The summed E-state index contributed by atoms with van der Waals surface area (Å²) in [5.74, 6) is 0.295. The minimum absolute atomic E-state index is 0.0977. The summed E-state index contributed by atoms with van der Waals surface area (Å²) >= 11 is 0. The third kappa shape index (κ3) is 4.06. The summed E-state index contributed by atoms with van der Waals surface area (Å²) < 4.78 is 1.47. The molecule has 1 aliphatic heterocycles. The third-order valence-electron chi connectivity index (χ3n) is 5.57. The zero-order chi connectivity index (χ0) is 24.5. The number of hydrogen-bond donors (Lipinski definition) is 3. The van der Waals surface area contributed by atoms with Crippen molar-refractivity contribution < 1.29 is 14.8 Å². The topological polar surface area (TPSA) is 148 Å². The fourth-order valence-electron chi connectivity index (χ4n) is 3.99. The number of carbonyl (C=O) groups excluding carboxylic acids is 1. The van der Waals surface area contributed by atoms with Crippen LogP contribution in [-0.4, -0.2) is 35.7 Å². The second-order valence-electron chi connectivity index (χ2n) is 7.83. The van der Waals surface area contributed by atoms with Crippen LogP contribution in [0.1, 0.15) is 18.5 Å². The van der Waals surface area contributed by atoms with E-state index < -0.39 is 16.9 Å². The zero-order valence-corrected chi connectivity index (χ0v) is 18.4. The number of para-hydroxylation sites is 1. The van der Waals surface area contributed by atoms with E-state index in [0.717, 1.165) is 0 Å². The predicted octanol–water partition coefficient (Wildman–Crippen LogP) is 3.88. The fourth-order valence-corrected chi connectivity index (χ4v) is 3.99. The number of rotatable bonds is 5. The Balaban J connectivity index is 1.66. The van der Waals surface area contributed by atoms with Crippen LogP contribution in [0.4, 0.5) is 17.3 Å². The van der Waals surface area contributed by atoms with Crippen LogP contribution in [0.15, 0.2) is 84.3 Å². The number of amides is 1. The van der Waals surface area contributed by atoms with E-state index in [0.29, 0.717) is 28.7 Å². The fraction of sp³-hybridized carbons (Fsp3) is 0.0833. The molecule has 0 spiro atoms. The van der Waals surface area contributed by atoms with Gasteiger partial charge in [0.1, 0.15) is 11.8 Å². The minimum atomic E-state index is -0.928. The molecule has 11 nitrogen and oxygen atoms in total. The van der Waals surface area contributed by atoms with Crippen molar-refractivity contribution >= 4 is 23.2 Å². The first-order valence-corrected chi connectivity index (χ1v) is 10.6. The number of aromatic hydroxyl groups is 1. The van der Waals surface area contributed by atoms with E-state index in [2.05, 4.69) is 25.7 Å². The second-order valence-corrected chi connectivity index (χ2v) is 7.83. The lowest BCUT2D eigenvalue weighted by atomic mass is 9.93. The van der Waals surface area contributed by atoms with Gasteiger partial charge in [0.05, 0.1) is 27.9 Å². The Hall–Kier alpha value is -5.06. The van der Waals surface area contributed by atoms with Crippen LogP contribution in [0.3, 0.4) is 0 Å². The third-order valence-corrected chi connectivity index (χ3v) is 5.57. The quantitative estimate of drug-likeness (QED) is 0.295. The van der Waals surface area contributed by atoms with E-state index in [4.69, 9.17) is 0 Å². The van der Waals surface area contributed by atoms with Crippen LogP contribution in [0.2, 0.25) is 0 Å². The van der Waals surface area contributed by atoms with Gasteiger partial charge in [-0.05, 0) is 49.4 Å². The first kappa shape index (κ1) is 21.8. The van der Waals surface area contributed by atoms with Gasteiger partial charge in [0.25, 0.3) is 11.6 Å². The molecule has 1 amide bonds. The molecule has 0 saturated heterocycles. The molecule has 5 rings (SSSR count). The number of pyridine rings is 1. The van der Waals surface area contributed by atoms with Crippen molar-refractivity contribution in [2.75, 3.05) is 10.6 Å². The number of nitrogens with zero attached hydrogens (tertiary/aromatic N) is 5. The van der Waals surface area contributed by atoms with E-state index >= 15 is 0 Å². The molecule has 1 unspecified atom stereocenters. The van der Waals surface area contributed by atoms with E-state index in [1.54, 1.807) is 55.6 Å². The van der Waals surface area contributed by atoms with Crippen molar-refractivity contribution in [1.29, 1.82) is 0 Å². The smallest absolute Gasteiger partial charge is 0.275 e. The van der Waals surface area contributed by atoms with Crippen LogP contribution in [0.25, 0.3) is 11.4 Å². The van der Waals surface area contributed by atoms with Crippen LogP contribution in [-0.2, 0) is 4.79 Å². The summed E-state index contributed by atoms with van der Waals surface area (Å²) in [6.07, 6.45) is 3.10. The molecule has 0 bridgehead atoms. The number of benzene rings is 2. The average molecular weight is 469 g/mol. The summed E-state index contributed by atoms with van der Waals surface area (Å²) in [6, 6.07) is 15.0. The maximum atomic E-state index is 13.5. The Morgan fingerprint density at radius 2 is 1.91 bits per heavy atom. The zero-order valence-electron chi connectivity index (χ0n) is 18.4. The molecule has 35 heavy (non-hydrogen) atoms. The molecular formula is C24H19N7O4. The first-order chi connectivity index (χ1) is 16.9. The summed E-state index contributed by atoms with van der Waals surface area (Å²) in [6.45, 7) is 1.71. The molecular weight excluding hydrogens is 450 g/mol. The summed E-state index contributed by atoms with van der Waals surface area (Å²) in [7, 11) is 0. The number of anilines is 2. The summed E-state index contributed by atoms with van der Waals surface area (Å²) in [5, 5.41) is 32.0. The Morgan fingerprint density at radius 3 is 2.63 bits per heavy atom. The maximum Gasteiger partial charge on any atom is 0.275 e. The van der Waals surface area contributed by atoms with Gasteiger partial charge in [-0.2, -0.15) is 4.98 Å². The highest BCUT2D eigenvalue weighted by Crippen LogP contribution is 2.40. The minimum Gasteiger partial charge on any atom is -0.508 e. The number of phenolic OH excluding ortho intramolecular Hbond substituents is 1.